The molecule has 122 valence electrons. The van der Waals surface area contributed by atoms with Gasteiger partial charge in [-0.05, 0) is 41.3 Å². The van der Waals surface area contributed by atoms with Gasteiger partial charge in [-0.1, -0.05) is 60.7 Å². The zero-order valence-corrected chi connectivity index (χ0v) is 13.6. The van der Waals surface area contributed by atoms with Gasteiger partial charge in [-0.3, -0.25) is 4.79 Å². The van der Waals surface area contributed by atoms with Crippen LogP contribution in [0.4, 0.5) is 0 Å². The van der Waals surface area contributed by atoms with Gasteiger partial charge in [-0.2, -0.15) is 0 Å². The van der Waals surface area contributed by atoms with Gasteiger partial charge < -0.3 is 10.1 Å². The fraction of sp³-hybridized carbons (Fsp3) is 0.190. The molecule has 3 aromatic carbocycles. The number of rotatable bonds is 7. The van der Waals surface area contributed by atoms with E-state index in [9.17, 15) is 4.79 Å². The van der Waals surface area contributed by atoms with E-state index in [1.54, 1.807) is 0 Å². The van der Waals surface area contributed by atoms with Crippen LogP contribution in [-0.4, -0.2) is 19.1 Å². The van der Waals surface area contributed by atoms with Gasteiger partial charge in [-0.25, -0.2) is 0 Å². The predicted octanol–water partition coefficient (Wildman–Crippen LogP) is 3.97. The second-order valence-electron chi connectivity index (χ2n) is 5.74. The Morgan fingerprint density at radius 2 is 1.62 bits per heavy atom. The molecular formula is C21H21NO2. The van der Waals surface area contributed by atoms with Crippen LogP contribution >= 0.6 is 0 Å². The van der Waals surface area contributed by atoms with Crippen molar-refractivity contribution in [1.82, 2.24) is 5.32 Å². The fourth-order valence-electron chi connectivity index (χ4n) is 2.62. The first-order chi connectivity index (χ1) is 11.8. The molecule has 0 radical (unpaired) electrons. The second kappa shape index (κ2) is 8.16. The van der Waals surface area contributed by atoms with E-state index >= 15 is 0 Å². The Morgan fingerprint density at radius 1 is 0.875 bits per heavy atom. The number of benzene rings is 3. The molecular weight excluding hydrogens is 298 g/mol. The molecule has 1 N–H and O–H groups in total. The minimum Gasteiger partial charge on any atom is -0.484 e. The molecule has 0 fully saturated rings. The lowest BCUT2D eigenvalue weighted by Crippen LogP contribution is -2.29. The topological polar surface area (TPSA) is 38.3 Å². The summed E-state index contributed by atoms with van der Waals surface area (Å²) in [5, 5.41) is 5.17. The van der Waals surface area contributed by atoms with E-state index in [-0.39, 0.29) is 12.5 Å². The largest absolute Gasteiger partial charge is 0.484 e. The first kappa shape index (κ1) is 16.1. The van der Waals surface area contributed by atoms with Crippen molar-refractivity contribution >= 4 is 16.7 Å². The third-order valence-electron chi connectivity index (χ3n) is 3.90. The highest BCUT2D eigenvalue weighted by Gasteiger charge is 2.03. The zero-order chi connectivity index (χ0) is 16.6. The molecule has 3 aromatic rings. The van der Waals surface area contributed by atoms with Crippen molar-refractivity contribution in [3.63, 3.8) is 0 Å². The smallest absolute Gasteiger partial charge is 0.257 e. The highest BCUT2D eigenvalue weighted by molar-refractivity contribution is 5.84. The molecule has 0 saturated carbocycles. The minimum absolute atomic E-state index is 0.0453. The summed E-state index contributed by atoms with van der Waals surface area (Å²) in [6.07, 6.45) is 1.89. The Bertz CT molecular complexity index is 799. The standard InChI is InChI=1S/C21H21NO2/c23-21(22-14-6-9-17-7-2-1-3-8-17)16-24-20-13-12-18-10-4-5-11-19(18)15-20/h1-5,7-8,10-13,15H,6,9,14,16H2,(H,22,23). The average molecular weight is 319 g/mol. The van der Waals surface area contributed by atoms with Crippen LogP contribution in [0, 0.1) is 0 Å². The molecule has 3 nitrogen and oxygen atoms in total. The van der Waals surface area contributed by atoms with Gasteiger partial charge in [0.05, 0.1) is 0 Å². The maximum atomic E-state index is 11.9. The number of fused-ring (bicyclic) bond motifs is 1. The number of hydrogen-bond donors (Lipinski definition) is 1. The lowest BCUT2D eigenvalue weighted by atomic mass is 10.1. The van der Waals surface area contributed by atoms with Crippen molar-refractivity contribution in [3.05, 3.63) is 78.4 Å². The van der Waals surface area contributed by atoms with Crippen LogP contribution in [0.25, 0.3) is 10.8 Å². The SMILES string of the molecule is O=C(COc1ccc2ccccc2c1)NCCCc1ccccc1. The lowest BCUT2D eigenvalue weighted by molar-refractivity contribution is -0.123. The van der Waals surface area contributed by atoms with Crippen molar-refractivity contribution in [2.75, 3.05) is 13.2 Å². The average Bonchev–Trinajstić information content (AvgIpc) is 2.64. The van der Waals surface area contributed by atoms with Gasteiger partial charge >= 0.3 is 0 Å². The zero-order valence-electron chi connectivity index (χ0n) is 13.6. The van der Waals surface area contributed by atoms with E-state index in [0.29, 0.717) is 12.3 Å². The molecule has 0 heterocycles. The molecule has 0 saturated heterocycles. The molecule has 1 amide bonds. The fourth-order valence-corrected chi connectivity index (χ4v) is 2.62. The molecule has 0 aliphatic carbocycles. The maximum Gasteiger partial charge on any atom is 0.257 e. The molecule has 0 atom stereocenters. The number of aryl methyl sites for hydroxylation is 1. The number of carbonyl (C=O) groups is 1. The van der Waals surface area contributed by atoms with E-state index in [1.165, 1.54) is 5.56 Å². The van der Waals surface area contributed by atoms with Gasteiger partial charge in [0.25, 0.3) is 5.91 Å². The van der Waals surface area contributed by atoms with Crippen LogP contribution in [0.15, 0.2) is 72.8 Å². The lowest BCUT2D eigenvalue weighted by Gasteiger charge is -2.08. The molecule has 24 heavy (non-hydrogen) atoms. The van der Waals surface area contributed by atoms with Crippen molar-refractivity contribution in [1.29, 1.82) is 0 Å². The summed E-state index contributed by atoms with van der Waals surface area (Å²) >= 11 is 0. The Hall–Kier alpha value is -2.81. The van der Waals surface area contributed by atoms with Crippen molar-refractivity contribution in [2.24, 2.45) is 0 Å². The number of ether oxygens (including phenoxy) is 1. The van der Waals surface area contributed by atoms with Crippen LogP contribution in [0.3, 0.4) is 0 Å². The molecule has 0 bridgehead atoms. The molecule has 0 aromatic heterocycles. The van der Waals surface area contributed by atoms with E-state index < -0.39 is 0 Å². The number of carbonyl (C=O) groups excluding carboxylic acids is 1. The summed E-state index contributed by atoms with van der Waals surface area (Å²) in [4.78, 5) is 11.9. The Kier molecular flexibility index (Phi) is 5.46. The van der Waals surface area contributed by atoms with E-state index in [0.717, 1.165) is 23.6 Å². The third-order valence-corrected chi connectivity index (χ3v) is 3.90. The summed E-state index contributed by atoms with van der Waals surface area (Å²) in [5.74, 6) is 0.629. The second-order valence-corrected chi connectivity index (χ2v) is 5.74. The predicted molar refractivity (Wildman–Crippen MR) is 97.2 cm³/mol. The minimum atomic E-state index is -0.0868. The van der Waals surface area contributed by atoms with E-state index in [2.05, 4.69) is 23.5 Å². The van der Waals surface area contributed by atoms with E-state index in [1.807, 2.05) is 54.6 Å². The Labute approximate surface area is 142 Å². The number of nitrogens with one attached hydrogen (secondary N) is 1. The Balaban J connectivity index is 1.40. The summed E-state index contributed by atoms with van der Waals surface area (Å²) in [6.45, 7) is 0.707. The number of hydrogen-bond acceptors (Lipinski definition) is 2. The van der Waals surface area contributed by atoms with Crippen LogP contribution in [-0.2, 0) is 11.2 Å². The Morgan fingerprint density at radius 3 is 2.46 bits per heavy atom. The van der Waals surface area contributed by atoms with Gasteiger partial charge in [0, 0.05) is 6.54 Å². The van der Waals surface area contributed by atoms with Gasteiger partial charge in [0.15, 0.2) is 6.61 Å². The first-order valence-corrected chi connectivity index (χ1v) is 8.23. The van der Waals surface area contributed by atoms with Crippen molar-refractivity contribution in [2.45, 2.75) is 12.8 Å². The summed E-state index contributed by atoms with van der Waals surface area (Å²) in [6, 6.07) is 24.2. The monoisotopic (exact) mass is 319 g/mol. The summed E-state index contributed by atoms with van der Waals surface area (Å²) < 4.78 is 5.58. The summed E-state index contributed by atoms with van der Waals surface area (Å²) in [5.41, 5.74) is 1.29. The van der Waals surface area contributed by atoms with Gasteiger partial charge in [0.1, 0.15) is 5.75 Å². The van der Waals surface area contributed by atoms with Gasteiger partial charge in [0.2, 0.25) is 0 Å². The molecule has 0 unspecified atom stereocenters. The van der Waals surface area contributed by atoms with Crippen LogP contribution in [0.2, 0.25) is 0 Å². The highest BCUT2D eigenvalue weighted by atomic mass is 16.5. The highest BCUT2D eigenvalue weighted by Crippen LogP contribution is 2.20. The van der Waals surface area contributed by atoms with Crippen molar-refractivity contribution < 1.29 is 9.53 Å². The van der Waals surface area contributed by atoms with E-state index in [4.69, 9.17) is 4.74 Å². The van der Waals surface area contributed by atoms with Crippen molar-refractivity contribution in [3.8, 4) is 5.75 Å². The quantitative estimate of drug-likeness (QED) is 0.669. The molecule has 0 aliphatic heterocycles. The summed E-state index contributed by atoms with van der Waals surface area (Å²) in [7, 11) is 0. The van der Waals surface area contributed by atoms with Crippen LogP contribution in [0.5, 0.6) is 5.75 Å². The van der Waals surface area contributed by atoms with Gasteiger partial charge in [-0.15, -0.1) is 0 Å². The molecule has 3 heteroatoms. The molecule has 3 rings (SSSR count). The van der Waals surface area contributed by atoms with Crippen LogP contribution in [0.1, 0.15) is 12.0 Å². The van der Waals surface area contributed by atoms with Crippen LogP contribution < -0.4 is 10.1 Å². The normalized spacial score (nSPS) is 10.5. The number of amides is 1. The molecule has 0 spiro atoms. The first-order valence-electron chi connectivity index (χ1n) is 8.23. The maximum absolute atomic E-state index is 11.9. The molecule has 0 aliphatic rings. The third kappa shape index (κ3) is 4.59.